The molecular formula is C27H37FN6S. The number of hydrogen-bond acceptors (Lipinski definition) is 5. The Hall–Kier alpha value is -2.48. The van der Waals surface area contributed by atoms with Crippen LogP contribution in [-0.2, 0) is 5.41 Å². The fraction of sp³-hybridized carbons (Fsp3) is 0.593. The third-order valence-corrected chi connectivity index (χ3v) is 8.30. The zero-order valence-electron chi connectivity index (χ0n) is 20.7. The van der Waals surface area contributed by atoms with Gasteiger partial charge in [-0.1, -0.05) is 25.0 Å². The van der Waals surface area contributed by atoms with Crippen molar-refractivity contribution in [3.63, 3.8) is 0 Å². The van der Waals surface area contributed by atoms with Crippen molar-refractivity contribution in [1.29, 1.82) is 0 Å². The average molecular weight is 497 g/mol. The van der Waals surface area contributed by atoms with Crippen molar-refractivity contribution in [1.82, 2.24) is 15.3 Å². The zero-order chi connectivity index (χ0) is 24.3. The number of nitrogens with one attached hydrogen (secondary N) is 2. The van der Waals surface area contributed by atoms with Crippen LogP contribution in [0.5, 0.6) is 0 Å². The van der Waals surface area contributed by atoms with Crippen LogP contribution in [0, 0.1) is 5.82 Å². The van der Waals surface area contributed by atoms with Crippen LogP contribution in [0.25, 0.3) is 0 Å². The number of anilines is 3. The van der Waals surface area contributed by atoms with Crippen LogP contribution >= 0.6 is 12.2 Å². The molecule has 2 saturated heterocycles. The number of benzene rings is 1. The smallest absolute Gasteiger partial charge is 0.232 e. The van der Waals surface area contributed by atoms with Crippen molar-refractivity contribution in [2.45, 2.75) is 76.2 Å². The average Bonchev–Trinajstić information content (AvgIpc) is 3.57. The summed E-state index contributed by atoms with van der Waals surface area (Å²) in [7, 11) is 0. The van der Waals surface area contributed by atoms with Crippen molar-refractivity contribution in [2.24, 2.45) is 0 Å². The van der Waals surface area contributed by atoms with Gasteiger partial charge in [0.1, 0.15) is 17.5 Å². The van der Waals surface area contributed by atoms with E-state index >= 15 is 0 Å². The van der Waals surface area contributed by atoms with Crippen LogP contribution in [0.15, 0.2) is 30.3 Å². The number of nitrogens with zero attached hydrogens (tertiary/aromatic N) is 4. The van der Waals surface area contributed by atoms with Crippen LogP contribution in [0.1, 0.15) is 70.3 Å². The number of hydrogen-bond donors (Lipinski definition) is 2. The standard InChI is InChI=1S/C27H37FN6S/c1-20-8-2-5-17-34(20)24-18-23(33-15-6-7-16-33)30-25(31-24)32-26(35)29-19-27(13-3-4-14-27)21-9-11-22(28)12-10-21/h9-12,18,20H,2-8,13-17,19H2,1H3,(H2,29,30,31,32,35)/t20-/m0/s1. The minimum absolute atomic E-state index is 0.0217. The van der Waals surface area contributed by atoms with Gasteiger partial charge in [-0.2, -0.15) is 9.97 Å². The molecule has 0 amide bonds. The largest absolute Gasteiger partial charge is 0.361 e. The van der Waals surface area contributed by atoms with E-state index in [4.69, 9.17) is 22.2 Å². The second kappa shape index (κ2) is 10.6. The van der Waals surface area contributed by atoms with Crippen molar-refractivity contribution >= 4 is 34.9 Å². The van der Waals surface area contributed by atoms with E-state index in [2.05, 4.69) is 33.4 Å². The van der Waals surface area contributed by atoms with E-state index in [0.717, 1.165) is 44.1 Å². The first-order valence-electron chi connectivity index (χ1n) is 13.2. The van der Waals surface area contributed by atoms with E-state index < -0.39 is 0 Å². The van der Waals surface area contributed by atoms with Gasteiger partial charge in [-0.05, 0) is 81.8 Å². The van der Waals surface area contributed by atoms with Gasteiger partial charge in [0.15, 0.2) is 5.11 Å². The Morgan fingerprint density at radius 3 is 2.40 bits per heavy atom. The summed E-state index contributed by atoms with van der Waals surface area (Å²) < 4.78 is 13.5. The molecule has 8 heteroatoms. The fourth-order valence-corrected chi connectivity index (χ4v) is 6.15. The fourth-order valence-electron chi connectivity index (χ4n) is 5.99. The van der Waals surface area contributed by atoms with E-state index in [1.54, 1.807) is 12.1 Å². The number of rotatable bonds is 6. The first-order chi connectivity index (χ1) is 17.0. The van der Waals surface area contributed by atoms with Gasteiger partial charge < -0.3 is 20.4 Å². The lowest BCUT2D eigenvalue weighted by molar-refractivity contribution is 0.434. The lowest BCUT2D eigenvalue weighted by atomic mass is 9.79. The Kier molecular flexibility index (Phi) is 7.37. The quantitative estimate of drug-likeness (QED) is 0.520. The molecule has 0 bridgehead atoms. The van der Waals surface area contributed by atoms with Crippen molar-refractivity contribution < 1.29 is 4.39 Å². The SMILES string of the molecule is C[C@H]1CCCCN1c1cc(N2CCCC2)nc(NC(=S)NCC2(c3ccc(F)cc3)CCCC2)n1. The predicted octanol–water partition coefficient (Wildman–Crippen LogP) is 5.39. The lowest BCUT2D eigenvalue weighted by Crippen LogP contribution is -2.41. The van der Waals surface area contributed by atoms with E-state index in [1.807, 2.05) is 12.1 Å². The van der Waals surface area contributed by atoms with Crippen molar-refractivity contribution in [3.8, 4) is 0 Å². The summed E-state index contributed by atoms with van der Waals surface area (Å²) in [4.78, 5) is 14.5. The topological polar surface area (TPSA) is 56.3 Å². The molecule has 1 aromatic carbocycles. The van der Waals surface area contributed by atoms with E-state index in [-0.39, 0.29) is 11.2 Å². The highest BCUT2D eigenvalue weighted by Gasteiger charge is 2.35. The molecule has 6 nitrogen and oxygen atoms in total. The Morgan fingerprint density at radius 1 is 1.00 bits per heavy atom. The Balaban J connectivity index is 1.32. The van der Waals surface area contributed by atoms with Gasteiger partial charge in [0.05, 0.1) is 0 Å². The molecule has 0 spiro atoms. The first kappa shape index (κ1) is 24.2. The third kappa shape index (κ3) is 5.52. The molecule has 0 radical (unpaired) electrons. The first-order valence-corrected chi connectivity index (χ1v) is 13.6. The summed E-state index contributed by atoms with van der Waals surface area (Å²) in [5.74, 6) is 2.33. The maximum Gasteiger partial charge on any atom is 0.232 e. The second-order valence-corrected chi connectivity index (χ2v) is 10.9. The molecule has 35 heavy (non-hydrogen) atoms. The summed E-state index contributed by atoms with van der Waals surface area (Å²) in [6.45, 7) is 6.10. The number of aromatic nitrogens is 2. The van der Waals surface area contributed by atoms with Gasteiger partial charge >= 0.3 is 0 Å². The summed E-state index contributed by atoms with van der Waals surface area (Å²) in [5.41, 5.74) is 1.16. The van der Waals surface area contributed by atoms with E-state index in [1.165, 1.54) is 50.5 Å². The molecule has 1 aliphatic carbocycles. The molecule has 0 unspecified atom stereocenters. The summed E-state index contributed by atoms with van der Waals surface area (Å²) in [6.07, 6.45) is 10.6. The molecule has 2 aromatic rings. The molecular weight excluding hydrogens is 459 g/mol. The molecule has 2 N–H and O–H groups in total. The molecule has 1 atom stereocenters. The van der Waals surface area contributed by atoms with Crippen LogP contribution in [0.2, 0.25) is 0 Å². The highest BCUT2D eigenvalue weighted by Crippen LogP contribution is 2.40. The molecule has 1 saturated carbocycles. The Bertz CT molecular complexity index is 1020. The molecule has 188 valence electrons. The van der Waals surface area contributed by atoms with Crippen LogP contribution in [-0.4, -0.2) is 47.3 Å². The molecule has 3 fully saturated rings. The maximum absolute atomic E-state index is 13.5. The normalized spacial score (nSPS) is 21.8. The van der Waals surface area contributed by atoms with Crippen LogP contribution in [0.3, 0.4) is 0 Å². The number of piperidine rings is 1. The van der Waals surface area contributed by atoms with Gasteiger partial charge in [-0.15, -0.1) is 0 Å². The summed E-state index contributed by atoms with van der Waals surface area (Å²) in [5, 5.41) is 7.27. The molecule has 1 aromatic heterocycles. The minimum Gasteiger partial charge on any atom is -0.361 e. The zero-order valence-corrected chi connectivity index (χ0v) is 21.5. The highest BCUT2D eigenvalue weighted by atomic mass is 32.1. The van der Waals surface area contributed by atoms with Crippen molar-refractivity contribution in [2.75, 3.05) is 41.3 Å². The summed E-state index contributed by atoms with van der Waals surface area (Å²) >= 11 is 5.70. The molecule has 3 aliphatic rings. The van der Waals surface area contributed by atoms with E-state index in [0.29, 0.717) is 23.6 Å². The Labute approximate surface area is 213 Å². The number of thiocarbonyl (C=S) groups is 1. The molecule has 2 aliphatic heterocycles. The van der Waals surface area contributed by atoms with Crippen LogP contribution < -0.4 is 20.4 Å². The lowest BCUT2D eigenvalue weighted by Gasteiger charge is -2.35. The molecule has 3 heterocycles. The Morgan fingerprint density at radius 2 is 1.69 bits per heavy atom. The van der Waals surface area contributed by atoms with Crippen LogP contribution in [0.4, 0.5) is 22.0 Å². The monoisotopic (exact) mass is 496 g/mol. The third-order valence-electron chi connectivity index (χ3n) is 8.06. The summed E-state index contributed by atoms with van der Waals surface area (Å²) in [6, 6.07) is 9.60. The predicted molar refractivity (Wildman–Crippen MR) is 145 cm³/mol. The second-order valence-electron chi connectivity index (χ2n) is 10.4. The van der Waals surface area contributed by atoms with Gasteiger partial charge in [-0.25, -0.2) is 4.39 Å². The van der Waals surface area contributed by atoms with Gasteiger partial charge in [0.2, 0.25) is 5.95 Å². The van der Waals surface area contributed by atoms with Gasteiger partial charge in [0, 0.05) is 43.7 Å². The molecule has 5 rings (SSSR count). The van der Waals surface area contributed by atoms with Gasteiger partial charge in [-0.3, -0.25) is 0 Å². The van der Waals surface area contributed by atoms with Gasteiger partial charge in [0.25, 0.3) is 0 Å². The number of halogens is 1. The van der Waals surface area contributed by atoms with Crippen molar-refractivity contribution in [3.05, 3.63) is 41.7 Å². The minimum atomic E-state index is -0.194. The van der Waals surface area contributed by atoms with E-state index in [9.17, 15) is 4.39 Å². The highest BCUT2D eigenvalue weighted by molar-refractivity contribution is 7.80. The maximum atomic E-state index is 13.5.